The first-order chi connectivity index (χ1) is 13.7. The van der Waals surface area contributed by atoms with Gasteiger partial charge in [0.2, 0.25) is 5.91 Å². The van der Waals surface area contributed by atoms with Crippen LogP contribution >= 0.6 is 0 Å². The van der Waals surface area contributed by atoms with E-state index in [9.17, 15) is 9.18 Å². The van der Waals surface area contributed by atoms with Crippen LogP contribution in [0.15, 0.2) is 73.1 Å². The molecular formula is C23H20FN3O. The number of aromatic amines is 1. The fourth-order valence-corrected chi connectivity index (χ4v) is 3.40. The maximum Gasteiger partial charge on any atom is 0.224 e. The molecule has 0 aliphatic carbocycles. The van der Waals surface area contributed by atoms with E-state index in [4.69, 9.17) is 0 Å². The first-order valence-electron chi connectivity index (χ1n) is 9.22. The van der Waals surface area contributed by atoms with Crippen LogP contribution in [0, 0.1) is 5.82 Å². The SMILES string of the molecule is O=C(CCc1c(Cc2ccc(F)cc2)[nH]c2ccccc12)Nc1ccncc1. The van der Waals surface area contributed by atoms with E-state index < -0.39 is 0 Å². The van der Waals surface area contributed by atoms with Gasteiger partial charge in [0.05, 0.1) is 0 Å². The summed E-state index contributed by atoms with van der Waals surface area (Å²) in [6.45, 7) is 0. The molecule has 4 aromatic rings. The first-order valence-corrected chi connectivity index (χ1v) is 9.22. The highest BCUT2D eigenvalue weighted by Gasteiger charge is 2.13. The Morgan fingerprint density at radius 3 is 2.54 bits per heavy atom. The minimum Gasteiger partial charge on any atom is -0.358 e. The van der Waals surface area contributed by atoms with Crippen LogP contribution in [0.2, 0.25) is 0 Å². The summed E-state index contributed by atoms with van der Waals surface area (Å²) in [4.78, 5) is 19.8. The number of benzene rings is 2. The van der Waals surface area contributed by atoms with Gasteiger partial charge < -0.3 is 10.3 Å². The molecule has 0 saturated carbocycles. The predicted molar refractivity (Wildman–Crippen MR) is 109 cm³/mol. The summed E-state index contributed by atoms with van der Waals surface area (Å²) in [6.07, 6.45) is 4.96. The zero-order chi connectivity index (χ0) is 19.3. The van der Waals surface area contributed by atoms with Crippen LogP contribution in [0.1, 0.15) is 23.2 Å². The largest absolute Gasteiger partial charge is 0.358 e. The van der Waals surface area contributed by atoms with Crippen LogP contribution in [0.25, 0.3) is 10.9 Å². The number of para-hydroxylation sites is 1. The van der Waals surface area contributed by atoms with Gasteiger partial charge in [-0.05, 0) is 47.9 Å². The fourth-order valence-electron chi connectivity index (χ4n) is 3.40. The van der Waals surface area contributed by atoms with E-state index in [-0.39, 0.29) is 11.7 Å². The topological polar surface area (TPSA) is 57.8 Å². The zero-order valence-corrected chi connectivity index (χ0v) is 15.3. The number of rotatable bonds is 6. The average molecular weight is 373 g/mol. The molecule has 28 heavy (non-hydrogen) atoms. The minimum absolute atomic E-state index is 0.0378. The monoisotopic (exact) mass is 373 g/mol. The van der Waals surface area contributed by atoms with Crippen molar-refractivity contribution in [3.8, 4) is 0 Å². The predicted octanol–water partition coefficient (Wildman–Crippen LogP) is 4.86. The van der Waals surface area contributed by atoms with Gasteiger partial charge in [0.15, 0.2) is 0 Å². The average Bonchev–Trinajstić information content (AvgIpc) is 3.06. The van der Waals surface area contributed by atoms with Gasteiger partial charge in [0.1, 0.15) is 5.82 Å². The van der Waals surface area contributed by atoms with Crippen molar-refractivity contribution in [2.45, 2.75) is 19.3 Å². The third-order valence-corrected chi connectivity index (χ3v) is 4.76. The molecule has 2 aromatic carbocycles. The second-order valence-electron chi connectivity index (χ2n) is 6.71. The summed E-state index contributed by atoms with van der Waals surface area (Å²) in [6, 6.07) is 18.1. The second-order valence-corrected chi connectivity index (χ2v) is 6.71. The molecule has 0 atom stereocenters. The molecule has 0 aliphatic rings. The molecule has 140 valence electrons. The zero-order valence-electron chi connectivity index (χ0n) is 15.3. The van der Waals surface area contributed by atoms with Gasteiger partial charge in [-0.1, -0.05) is 30.3 Å². The maximum atomic E-state index is 13.2. The molecule has 0 aliphatic heterocycles. The van der Waals surface area contributed by atoms with Crippen molar-refractivity contribution in [3.05, 3.63) is 95.7 Å². The number of carbonyl (C=O) groups is 1. The normalized spacial score (nSPS) is 10.9. The lowest BCUT2D eigenvalue weighted by Gasteiger charge is -2.07. The standard InChI is InChI=1S/C23H20FN3O/c24-17-7-5-16(6-8-17)15-22-20(19-3-1-2-4-21(19)27-22)9-10-23(28)26-18-11-13-25-14-12-18/h1-8,11-14,27H,9-10,15H2,(H,25,26,28). The highest BCUT2D eigenvalue weighted by atomic mass is 19.1. The third kappa shape index (κ3) is 4.09. The van der Waals surface area contributed by atoms with Gasteiger partial charge in [-0.15, -0.1) is 0 Å². The Kier molecular flexibility index (Phi) is 5.15. The van der Waals surface area contributed by atoms with Crippen LogP contribution in [0.5, 0.6) is 0 Å². The number of amides is 1. The summed E-state index contributed by atoms with van der Waals surface area (Å²) in [5, 5.41) is 4.02. The molecule has 0 saturated heterocycles. The van der Waals surface area contributed by atoms with Gasteiger partial charge in [0, 0.05) is 47.5 Å². The molecule has 0 spiro atoms. The summed E-state index contributed by atoms with van der Waals surface area (Å²) >= 11 is 0. The number of halogens is 1. The Morgan fingerprint density at radius 1 is 1.00 bits per heavy atom. The maximum absolute atomic E-state index is 13.2. The molecular weight excluding hydrogens is 353 g/mol. The number of hydrogen-bond donors (Lipinski definition) is 2. The number of nitrogens with one attached hydrogen (secondary N) is 2. The van der Waals surface area contributed by atoms with E-state index in [2.05, 4.69) is 21.4 Å². The summed E-state index contributed by atoms with van der Waals surface area (Å²) in [5.74, 6) is -0.280. The number of anilines is 1. The van der Waals surface area contributed by atoms with E-state index in [1.165, 1.54) is 12.1 Å². The van der Waals surface area contributed by atoms with E-state index in [0.717, 1.165) is 33.4 Å². The van der Waals surface area contributed by atoms with Crippen LogP contribution < -0.4 is 5.32 Å². The molecule has 4 nitrogen and oxygen atoms in total. The van der Waals surface area contributed by atoms with Crippen molar-refractivity contribution in [1.29, 1.82) is 0 Å². The van der Waals surface area contributed by atoms with Crippen LogP contribution in [-0.2, 0) is 17.6 Å². The number of H-pyrrole nitrogens is 1. The van der Waals surface area contributed by atoms with Gasteiger partial charge in [-0.3, -0.25) is 9.78 Å². The Labute approximate surface area is 162 Å². The second kappa shape index (κ2) is 8.05. The highest BCUT2D eigenvalue weighted by Crippen LogP contribution is 2.26. The van der Waals surface area contributed by atoms with Gasteiger partial charge in [-0.2, -0.15) is 0 Å². The number of aryl methyl sites for hydroxylation is 1. The number of nitrogens with zero attached hydrogens (tertiary/aromatic N) is 1. The van der Waals surface area contributed by atoms with Crippen molar-refractivity contribution in [2.75, 3.05) is 5.32 Å². The van der Waals surface area contributed by atoms with Crippen LogP contribution in [0.4, 0.5) is 10.1 Å². The lowest BCUT2D eigenvalue weighted by Crippen LogP contribution is -2.12. The summed E-state index contributed by atoms with van der Waals surface area (Å²) < 4.78 is 13.2. The molecule has 0 fully saturated rings. The van der Waals surface area contributed by atoms with Crippen LogP contribution in [0.3, 0.4) is 0 Å². The van der Waals surface area contributed by atoms with Crippen molar-refractivity contribution in [1.82, 2.24) is 9.97 Å². The highest BCUT2D eigenvalue weighted by molar-refractivity contribution is 5.91. The summed E-state index contributed by atoms with van der Waals surface area (Å²) in [5.41, 5.74) is 5.00. The van der Waals surface area contributed by atoms with Gasteiger partial charge >= 0.3 is 0 Å². The third-order valence-electron chi connectivity index (χ3n) is 4.76. The van der Waals surface area contributed by atoms with E-state index in [1.54, 1.807) is 36.7 Å². The fraction of sp³-hybridized carbons (Fsp3) is 0.130. The minimum atomic E-state index is -0.242. The molecule has 4 rings (SSSR count). The van der Waals surface area contributed by atoms with Crippen molar-refractivity contribution < 1.29 is 9.18 Å². The van der Waals surface area contributed by atoms with E-state index in [0.29, 0.717) is 19.3 Å². The molecule has 0 radical (unpaired) electrons. The Morgan fingerprint density at radius 2 is 1.75 bits per heavy atom. The first kappa shape index (κ1) is 17.9. The van der Waals surface area contributed by atoms with E-state index in [1.807, 2.05) is 18.2 Å². The quantitative estimate of drug-likeness (QED) is 0.507. The number of carbonyl (C=O) groups excluding carboxylic acids is 1. The van der Waals surface area contributed by atoms with Crippen molar-refractivity contribution >= 4 is 22.5 Å². The van der Waals surface area contributed by atoms with Crippen molar-refractivity contribution in [2.24, 2.45) is 0 Å². The molecule has 2 N–H and O–H groups in total. The lowest BCUT2D eigenvalue weighted by atomic mass is 10.0. The molecule has 0 bridgehead atoms. The van der Waals surface area contributed by atoms with E-state index >= 15 is 0 Å². The molecule has 1 amide bonds. The van der Waals surface area contributed by atoms with Gasteiger partial charge in [0.25, 0.3) is 0 Å². The Bertz CT molecular complexity index is 1090. The smallest absolute Gasteiger partial charge is 0.224 e. The molecule has 5 heteroatoms. The Hall–Kier alpha value is -3.47. The lowest BCUT2D eigenvalue weighted by molar-refractivity contribution is -0.116. The number of fused-ring (bicyclic) bond motifs is 1. The number of hydrogen-bond acceptors (Lipinski definition) is 2. The molecule has 0 unspecified atom stereocenters. The molecule has 2 aromatic heterocycles. The van der Waals surface area contributed by atoms with Gasteiger partial charge in [-0.25, -0.2) is 4.39 Å². The van der Waals surface area contributed by atoms with Crippen molar-refractivity contribution in [3.63, 3.8) is 0 Å². The molecule has 2 heterocycles. The van der Waals surface area contributed by atoms with Crippen LogP contribution in [-0.4, -0.2) is 15.9 Å². The number of pyridine rings is 1. The summed E-state index contributed by atoms with van der Waals surface area (Å²) in [7, 11) is 0. The number of aromatic nitrogens is 2. The Balaban J connectivity index is 1.54.